The SMILES string of the molecule is c1ccc(-c2ccnc3nc(-c4[nH]nc5ncc(-c6cnccn6)cc45)[nH]c23)nc1. The van der Waals surface area contributed by atoms with Crippen LogP contribution in [0, 0.1) is 0 Å². The molecule has 6 rings (SSSR count). The van der Waals surface area contributed by atoms with Crippen LogP contribution in [-0.2, 0) is 0 Å². The average molecular weight is 391 g/mol. The molecule has 0 bridgehead atoms. The zero-order valence-electron chi connectivity index (χ0n) is 15.5. The molecule has 0 fully saturated rings. The Bertz CT molecular complexity index is 1490. The molecule has 0 unspecified atom stereocenters. The van der Waals surface area contributed by atoms with Gasteiger partial charge in [-0.1, -0.05) is 6.07 Å². The Hall–Kier alpha value is -4.53. The maximum absolute atomic E-state index is 4.67. The van der Waals surface area contributed by atoms with Gasteiger partial charge in [-0.2, -0.15) is 5.10 Å². The lowest BCUT2D eigenvalue weighted by atomic mass is 10.1. The summed E-state index contributed by atoms with van der Waals surface area (Å²) in [5, 5.41) is 8.19. The van der Waals surface area contributed by atoms with Crippen LogP contribution in [0.4, 0.5) is 0 Å². The number of hydrogen-bond acceptors (Lipinski definition) is 7. The number of hydrogen-bond donors (Lipinski definition) is 2. The van der Waals surface area contributed by atoms with E-state index in [1.807, 2.05) is 30.3 Å². The Kier molecular flexibility index (Phi) is 3.57. The van der Waals surface area contributed by atoms with Gasteiger partial charge in [0.1, 0.15) is 5.69 Å². The summed E-state index contributed by atoms with van der Waals surface area (Å²) in [4.78, 5) is 29.8. The van der Waals surface area contributed by atoms with Crippen molar-refractivity contribution in [3.05, 3.63) is 67.5 Å². The summed E-state index contributed by atoms with van der Waals surface area (Å²) in [5.41, 5.74) is 6.11. The Morgan fingerprint density at radius 2 is 1.73 bits per heavy atom. The molecule has 6 heterocycles. The van der Waals surface area contributed by atoms with Crippen LogP contribution in [0.1, 0.15) is 0 Å². The van der Waals surface area contributed by atoms with E-state index in [-0.39, 0.29) is 0 Å². The molecule has 0 aliphatic carbocycles. The molecular weight excluding hydrogens is 378 g/mol. The molecule has 9 heteroatoms. The molecule has 0 amide bonds. The molecule has 142 valence electrons. The minimum absolute atomic E-state index is 0.594. The van der Waals surface area contributed by atoms with Gasteiger partial charge in [-0.25, -0.2) is 15.0 Å². The van der Waals surface area contributed by atoms with Crippen LogP contribution in [0.2, 0.25) is 0 Å². The first-order chi connectivity index (χ1) is 14.9. The van der Waals surface area contributed by atoms with E-state index >= 15 is 0 Å². The lowest BCUT2D eigenvalue weighted by Crippen LogP contribution is -1.87. The summed E-state index contributed by atoms with van der Waals surface area (Å²) < 4.78 is 0. The number of nitrogens with one attached hydrogen (secondary N) is 2. The fourth-order valence-corrected chi connectivity index (χ4v) is 3.43. The van der Waals surface area contributed by atoms with Crippen molar-refractivity contribution in [1.29, 1.82) is 0 Å². The van der Waals surface area contributed by atoms with Crippen LogP contribution >= 0.6 is 0 Å². The smallest absolute Gasteiger partial charge is 0.181 e. The second kappa shape index (κ2) is 6.52. The molecule has 2 N–H and O–H groups in total. The molecule has 0 atom stereocenters. The minimum Gasteiger partial charge on any atom is -0.335 e. The molecule has 0 spiro atoms. The van der Waals surface area contributed by atoms with Crippen molar-refractivity contribution in [2.24, 2.45) is 0 Å². The van der Waals surface area contributed by atoms with E-state index in [1.165, 1.54) is 0 Å². The van der Waals surface area contributed by atoms with Crippen LogP contribution in [0.15, 0.2) is 67.5 Å². The third-order valence-electron chi connectivity index (χ3n) is 4.84. The maximum Gasteiger partial charge on any atom is 0.181 e. The second-order valence-corrected chi connectivity index (χ2v) is 6.64. The predicted molar refractivity (Wildman–Crippen MR) is 111 cm³/mol. The lowest BCUT2D eigenvalue weighted by Gasteiger charge is -2.01. The summed E-state index contributed by atoms with van der Waals surface area (Å²) in [6.45, 7) is 0. The van der Waals surface area contributed by atoms with Gasteiger partial charge in [-0.05, 0) is 24.3 Å². The van der Waals surface area contributed by atoms with E-state index in [2.05, 4.69) is 45.1 Å². The van der Waals surface area contributed by atoms with E-state index < -0.39 is 0 Å². The molecule has 0 aromatic carbocycles. The largest absolute Gasteiger partial charge is 0.335 e. The Morgan fingerprint density at radius 3 is 2.60 bits per heavy atom. The van der Waals surface area contributed by atoms with Gasteiger partial charge in [0, 0.05) is 42.1 Å². The first kappa shape index (κ1) is 16.4. The van der Waals surface area contributed by atoms with E-state index in [9.17, 15) is 0 Å². The number of rotatable bonds is 3. The average Bonchev–Trinajstić information content (AvgIpc) is 3.43. The first-order valence-corrected chi connectivity index (χ1v) is 9.24. The first-order valence-electron chi connectivity index (χ1n) is 9.24. The molecule has 0 aliphatic heterocycles. The molecular formula is C21H13N9. The number of fused-ring (bicyclic) bond motifs is 2. The van der Waals surface area contributed by atoms with Crippen LogP contribution in [-0.4, -0.2) is 45.1 Å². The highest BCUT2D eigenvalue weighted by atomic mass is 15.2. The number of aromatic amines is 2. The third-order valence-corrected chi connectivity index (χ3v) is 4.84. The molecule has 9 nitrogen and oxygen atoms in total. The summed E-state index contributed by atoms with van der Waals surface area (Å²) in [6.07, 6.45) is 10.2. The van der Waals surface area contributed by atoms with Gasteiger partial charge in [0.15, 0.2) is 17.1 Å². The minimum atomic E-state index is 0.594. The van der Waals surface area contributed by atoms with E-state index in [4.69, 9.17) is 0 Å². The van der Waals surface area contributed by atoms with Crippen molar-refractivity contribution < 1.29 is 0 Å². The van der Waals surface area contributed by atoms with Crippen molar-refractivity contribution in [3.63, 3.8) is 0 Å². The van der Waals surface area contributed by atoms with Gasteiger partial charge < -0.3 is 4.98 Å². The van der Waals surface area contributed by atoms with Crippen LogP contribution in [0.3, 0.4) is 0 Å². The number of H-pyrrole nitrogens is 2. The van der Waals surface area contributed by atoms with Crippen LogP contribution in [0.5, 0.6) is 0 Å². The number of nitrogens with zero attached hydrogens (tertiary/aromatic N) is 7. The number of pyridine rings is 3. The second-order valence-electron chi connectivity index (χ2n) is 6.64. The van der Waals surface area contributed by atoms with Crippen LogP contribution < -0.4 is 0 Å². The fraction of sp³-hybridized carbons (Fsp3) is 0. The highest BCUT2D eigenvalue weighted by Crippen LogP contribution is 2.30. The van der Waals surface area contributed by atoms with Crippen molar-refractivity contribution in [2.45, 2.75) is 0 Å². The molecule has 30 heavy (non-hydrogen) atoms. The highest BCUT2D eigenvalue weighted by Gasteiger charge is 2.16. The van der Waals surface area contributed by atoms with Crippen LogP contribution in [0.25, 0.3) is 56.2 Å². The summed E-state index contributed by atoms with van der Waals surface area (Å²) >= 11 is 0. The van der Waals surface area contributed by atoms with Crippen molar-refractivity contribution in [1.82, 2.24) is 45.1 Å². The van der Waals surface area contributed by atoms with Gasteiger partial charge >= 0.3 is 0 Å². The quantitative estimate of drug-likeness (QED) is 0.474. The Balaban J connectivity index is 1.52. The number of imidazole rings is 1. The molecule has 0 saturated carbocycles. The van der Waals surface area contributed by atoms with E-state index in [0.29, 0.717) is 17.1 Å². The van der Waals surface area contributed by atoms with Crippen molar-refractivity contribution in [3.8, 4) is 34.0 Å². The Labute approximate surface area is 169 Å². The molecule has 6 aromatic rings. The standard InChI is InChI=1S/C21H13N9/c1-2-5-23-15(3-1)13-4-6-25-20-17(13)27-21(28-20)18-14-9-12(10-26-19(14)30-29-18)16-11-22-7-8-24-16/h1-11H,(H,25,27,28)(H,26,29,30). The summed E-state index contributed by atoms with van der Waals surface area (Å²) in [6, 6.07) is 9.70. The molecule has 6 aromatic heterocycles. The topological polar surface area (TPSA) is 122 Å². The molecule has 0 radical (unpaired) electrons. The maximum atomic E-state index is 4.67. The normalized spacial score (nSPS) is 11.3. The van der Waals surface area contributed by atoms with Gasteiger partial charge in [-0.3, -0.25) is 20.1 Å². The van der Waals surface area contributed by atoms with Gasteiger partial charge in [-0.15, -0.1) is 0 Å². The lowest BCUT2D eigenvalue weighted by molar-refractivity contribution is 1.09. The highest BCUT2D eigenvalue weighted by molar-refractivity contribution is 5.95. The Morgan fingerprint density at radius 1 is 0.767 bits per heavy atom. The van der Waals surface area contributed by atoms with E-state index in [1.54, 1.807) is 37.2 Å². The van der Waals surface area contributed by atoms with Gasteiger partial charge in [0.2, 0.25) is 0 Å². The van der Waals surface area contributed by atoms with Crippen molar-refractivity contribution in [2.75, 3.05) is 0 Å². The zero-order valence-corrected chi connectivity index (χ0v) is 15.5. The number of aromatic nitrogens is 9. The molecule has 0 saturated heterocycles. The zero-order chi connectivity index (χ0) is 19.9. The fourth-order valence-electron chi connectivity index (χ4n) is 3.43. The molecule has 0 aliphatic rings. The van der Waals surface area contributed by atoms with E-state index in [0.717, 1.165) is 39.1 Å². The third kappa shape index (κ3) is 2.60. The summed E-state index contributed by atoms with van der Waals surface area (Å²) in [7, 11) is 0. The van der Waals surface area contributed by atoms with Gasteiger partial charge in [0.25, 0.3) is 0 Å². The summed E-state index contributed by atoms with van der Waals surface area (Å²) in [5.74, 6) is 0.626. The van der Waals surface area contributed by atoms with Crippen molar-refractivity contribution >= 4 is 22.2 Å². The predicted octanol–water partition coefficient (Wildman–Crippen LogP) is 3.42. The van der Waals surface area contributed by atoms with Gasteiger partial charge in [0.05, 0.1) is 28.5 Å². The monoisotopic (exact) mass is 391 g/mol.